The van der Waals surface area contributed by atoms with Crippen molar-refractivity contribution in [3.05, 3.63) is 77.8 Å². The standard InChI is InChI=1S/C19H16ClNO2S/c1-13(2)16-11-10-15(12-18(16)20)21-24(22,23)19-9-5-7-14-6-3-4-8-17(14)19/h3-12,21H,1H2,2H3. The van der Waals surface area contributed by atoms with Gasteiger partial charge in [0.05, 0.1) is 15.6 Å². The van der Waals surface area contributed by atoms with Crippen molar-refractivity contribution in [2.45, 2.75) is 11.8 Å². The maximum absolute atomic E-state index is 12.8. The molecule has 0 heterocycles. The lowest BCUT2D eigenvalue weighted by molar-refractivity contribution is 0.602. The number of sulfonamides is 1. The Morgan fingerprint density at radius 2 is 1.75 bits per heavy atom. The van der Waals surface area contributed by atoms with Gasteiger partial charge in [-0.25, -0.2) is 8.42 Å². The molecule has 3 nitrogen and oxygen atoms in total. The molecule has 0 saturated heterocycles. The number of rotatable bonds is 4. The topological polar surface area (TPSA) is 46.2 Å². The van der Waals surface area contributed by atoms with Gasteiger partial charge in [0.2, 0.25) is 0 Å². The van der Waals surface area contributed by atoms with Crippen LogP contribution in [0.2, 0.25) is 5.02 Å². The van der Waals surface area contributed by atoms with Crippen molar-refractivity contribution in [2.24, 2.45) is 0 Å². The van der Waals surface area contributed by atoms with Gasteiger partial charge in [0.25, 0.3) is 10.0 Å². The largest absolute Gasteiger partial charge is 0.280 e. The van der Waals surface area contributed by atoms with E-state index in [1.54, 1.807) is 36.4 Å². The highest BCUT2D eigenvalue weighted by Gasteiger charge is 2.17. The zero-order chi connectivity index (χ0) is 17.3. The first-order valence-corrected chi connectivity index (χ1v) is 9.20. The third-order valence-corrected chi connectivity index (χ3v) is 5.47. The Kier molecular flexibility index (Phi) is 4.35. The summed E-state index contributed by atoms with van der Waals surface area (Å²) in [6, 6.07) is 17.6. The van der Waals surface area contributed by atoms with E-state index in [-0.39, 0.29) is 4.90 Å². The van der Waals surface area contributed by atoms with Crippen LogP contribution in [0.1, 0.15) is 12.5 Å². The third kappa shape index (κ3) is 3.16. The van der Waals surface area contributed by atoms with Crippen LogP contribution in [0.5, 0.6) is 0 Å². The molecule has 0 bridgehead atoms. The summed E-state index contributed by atoms with van der Waals surface area (Å²) in [7, 11) is -3.72. The molecule has 3 aromatic carbocycles. The number of nitrogens with one attached hydrogen (secondary N) is 1. The van der Waals surface area contributed by atoms with Crippen LogP contribution in [0.15, 0.2) is 72.1 Å². The van der Waals surface area contributed by atoms with E-state index in [9.17, 15) is 8.42 Å². The predicted molar refractivity (Wildman–Crippen MR) is 101 cm³/mol. The highest BCUT2D eigenvalue weighted by atomic mass is 35.5. The molecule has 0 atom stereocenters. The fourth-order valence-electron chi connectivity index (χ4n) is 2.56. The molecular formula is C19H16ClNO2S. The number of hydrogen-bond acceptors (Lipinski definition) is 2. The summed E-state index contributed by atoms with van der Waals surface area (Å²) >= 11 is 6.20. The number of anilines is 1. The second-order valence-electron chi connectivity index (χ2n) is 5.56. The van der Waals surface area contributed by atoms with Gasteiger partial charge in [0, 0.05) is 5.39 Å². The SMILES string of the molecule is C=C(C)c1ccc(NS(=O)(=O)c2cccc3ccccc23)cc1Cl. The summed E-state index contributed by atoms with van der Waals surface area (Å²) < 4.78 is 28.1. The predicted octanol–water partition coefficient (Wildman–Crippen LogP) is 5.33. The van der Waals surface area contributed by atoms with Crippen molar-refractivity contribution in [3.63, 3.8) is 0 Å². The Morgan fingerprint density at radius 1 is 1.04 bits per heavy atom. The summed E-state index contributed by atoms with van der Waals surface area (Å²) in [5, 5.41) is 2.01. The average molecular weight is 358 g/mol. The van der Waals surface area contributed by atoms with E-state index in [4.69, 9.17) is 11.6 Å². The molecule has 3 aromatic rings. The van der Waals surface area contributed by atoms with Crippen LogP contribution in [0.25, 0.3) is 16.3 Å². The Balaban J connectivity index is 2.02. The van der Waals surface area contributed by atoms with Crippen molar-refractivity contribution in [1.29, 1.82) is 0 Å². The number of fused-ring (bicyclic) bond motifs is 1. The van der Waals surface area contributed by atoms with E-state index in [2.05, 4.69) is 11.3 Å². The Labute approximate surface area is 146 Å². The first-order chi connectivity index (χ1) is 11.4. The van der Waals surface area contributed by atoms with E-state index in [0.717, 1.165) is 16.5 Å². The molecule has 0 unspecified atom stereocenters. The molecule has 0 aromatic heterocycles. The van der Waals surface area contributed by atoms with Crippen LogP contribution in [0.3, 0.4) is 0 Å². The van der Waals surface area contributed by atoms with Crippen LogP contribution in [0.4, 0.5) is 5.69 Å². The van der Waals surface area contributed by atoms with Crippen molar-refractivity contribution < 1.29 is 8.42 Å². The van der Waals surface area contributed by atoms with Gasteiger partial charge in [-0.05, 0) is 41.6 Å². The van der Waals surface area contributed by atoms with E-state index in [1.807, 2.05) is 31.2 Å². The Morgan fingerprint density at radius 3 is 2.46 bits per heavy atom. The Hall–Kier alpha value is -2.30. The van der Waals surface area contributed by atoms with E-state index in [1.165, 1.54) is 0 Å². The number of halogens is 1. The normalized spacial score (nSPS) is 11.4. The summed E-state index contributed by atoms with van der Waals surface area (Å²) in [5.41, 5.74) is 2.03. The third-order valence-electron chi connectivity index (χ3n) is 3.72. The van der Waals surface area contributed by atoms with E-state index in [0.29, 0.717) is 16.1 Å². The van der Waals surface area contributed by atoms with Crippen molar-refractivity contribution in [2.75, 3.05) is 4.72 Å². The van der Waals surface area contributed by atoms with Crippen LogP contribution >= 0.6 is 11.6 Å². The van der Waals surface area contributed by atoms with Crippen molar-refractivity contribution >= 4 is 43.7 Å². The first-order valence-electron chi connectivity index (χ1n) is 7.34. The minimum Gasteiger partial charge on any atom is -0.280 e. The first kappa shape index (κ1) is 16.6. The quantitative estimate of drug-likeness (QED) is 0.686. The van der Waals surface area contributed by atoms with E-state index < -0.39 is 10.0 Å². The van der Waals surface area contributed by atoms with Crippen molar-refractivity contribution in [1.82, 2.24) is 0 Å². The molecule has 0 spiro atoms. The average Bonchev–Trinajstić information content (AvgIpc) is 2.53. The van der Waals surface area contributed by atoms with Gasteiger partial charge >= 0.3 is 0 Å². The van der Waals surface area contributed by atoms with E-state index >= 15 is 0 Å². The molecular weight excluding hydrogens is 342 g/mol. The number of benzene rings is 3. The molecule has 122 valence electrons. The molecule has 0 saturated carbocycles. The van der Waals surface area contributed by atoms with Gasteiger partial charge in [0.15, 0.2) is 0 Å². The number of hydrogen-bond donors (Lipinski definition) is 1. The lowest BCUT2D eigenvalue weighted by Crippen LogP contribution is -2.13. The van der Waals surface area contributed by atoms with Gasteiger partial charge in [0.1, 0.15) is 0 Å². The molecule has 3 rings (SSSR count). The molecule has 0 amide bonds. The lowest BCUT2D eigenvalue weighted by Gasteiger charge is -2.12. The second kappa shape index (κ2) is 6.30. The fourth-order valence-corrected chi connectivity index (χ4v) is 4.19. The van der Waals surface area contributed by atoms with Gasteiger partial charge in [-0.15, -0.1) is 0 Å². The van der Waals surface area contributed by atoms with Crippen LogP contribution in [-0.2, 0) is 10.0 Å². The minimum absolute atomic E-state index is 0.237. The van der Waals surface area contributed by atoms with Gasteiger partial charge in [-0.1, -0.05) is 60.6 Å². The minimum atomic E-state index is -3.72. The molecule has 0 aliphatic carbocycles. The molecule has 0 aliphatic heterocycles. The maximum Gasteiger partial charge on any atom is 0.262 e. The fraction of sp³-hybridized carbons (Fsp3) is 0.0526. The lowest BCUT2D eigenvalue weighted by atomic mass is 10.1. The maximum atomic E-state index is 12.8. The van der Waals surface area contributed by atoms with Gasteiger partial charge < -0.3 is 0 Å². The number of allylic oxidation sites excluding steroid dienone is 1. The van der Waals surface area contributed by atoms with Crippen LogP contribution in [0, 0.1) is 0 Å². The molecule has 1 N–H and O–H groups in total. The summed E-state index contributed by atoms with van der Waals surface area (Å²) in [6.07, 6.45) is 0. The smallest absolute Gasteiger partial charge is 0.262 e. The summed E-state index contributed by atoms with van der Waals surface area (Å²) in [6.45, 7) is 5.70. The zero-order valence-corrected chi connectivity index (χ0v) is 14.7. The summed E-state index contributed by atoms with van der Waals surface area (Å²) in [4.78, 5) is 0.237. The highest BCUT2D eigenvalue weighted by Crippen LogP contribution is 2.29. The molecule has 5 heteroatoms. The van der Waals surface area contributed by atoms with Gasteiger partial charge in [-0.2, -0.15) is 0 Å². The highest BCUT2D eigenvalue weighted by molar-refractivity contribution is 7.93. The zero-order valence-electron chi connectivity index (χ0n) is 13.1. The monoisotopic (exact) mass is 357 g/mol. The molecule has 0 aliphatic rings. The second-order valence-corrected chi connectivity index (χ2v) is 7.62. The van der Waals surface area contributed by atoms with Gasteiger partial charge in [-0.3, -0.25) is 4.72 Å². The van der Waals surface area contributed by atoms with Crippen LogP contribution < -0.4 is 4.72 Å². The Bertz CT molecular complexity index is 1040. The molecule has 24 heavy (non-hydrogen) atoms. The molecule has 0 fully saturated rings. The summed E-state index contributed by atoms with van der Waals surface area (Å²) in [5.74, 6) is 0. The van der Waals surface area contributed by atoms with Crippen LogP contribution in [-0.4, -0.2) is 8.42 Å². The molecule has 0 radical (unpaired) electrons. The van der Waals surface area contributed by atoms with Crippen molar-refractivity contribution in [3.8, 4) is 0 Å².